The van der Waals surface area contributed by atoms with Crippen molar-refractivity contribution in [1.29, 1.82) is 5.26 Å². The highest BCUT2D eigenvalue weighted by Gasteiger charge is 2.17. The third-order valence-electron chi connectivity index (χ3n) is 2.28. The predicted octanol–water partition coefficient (Wildman–Crippen LogP) is 2.14. The van der Waals surface area contributed by atoms with E-state index in [1.54, 1.807) is 18.3 Å². The normalized spacial score (nSPS) is 10.2. The van der Waals surface area contributed by atoms with Gasteiger partial charge in [-0.2, -0.15) is 15.5 Å². The maximum atomic E-state index is 9.06. The maximum absolute atomic E-state index is 9.06. The largest absolute Gasteiger partial charge is 0.200 e. The van der Waals surface area contributed by atoms with Crippen LogP contribution in [-0.4, -0.2) is 20.0 Å². The Morgan fingerprint density at radius 3 is 2.94 bits per heavy atom. The minimum Gasteiger partial charge on any atom is -0.200 e. The highest BCUT2D eigenvalue weighted by atomic mass is 35.5. The molecule has 0 aliphatic heterocycles. The van der Waals surface area contributed by atoms with Gasteiger partial charge in [0, 0.05) is 6.20 Å². The topological polar surface area (TPSA) is 67.4 Å². The SMILES string of the molecule is CCCc1nn(-c2cccnn2)c(Cl)c1C#N. The number of hydrogen-bond donors (Lipinski definition) is 0. The molecule has 2 aromatic rings. The molecule has 0 radical (unpaired) electrons. The van der Waals surface area contributed by atoms with Gasteiger partial charge in [-0.15, -0.1) is 5.10 Å². The van der Waals surface area contributed by atoms with Crippen molar-refractivity contribution in [2.45, 2.75) is 19.8 Å². The first-order valence-electron chi connectivity index (χ1n) is 5.23. The molecule has 0 unspecified atom stereocenters. The minimum absolute atomic E-state index is 0.288. The van der Waals surface area contributed by atoms with Gasteiger partial charge in [-0.1, -0.05) is 24.9 Å². The summed E-state index contributed by atoms with van der Waals surface area (Å²) in [5, 5.41) is 21.3. The summed E-state index contributed by atoms with van der Waals surface area (Å²) in [7, 11) is 0. The van der Waals surface area contributed by atoms with Gasteiger partial charge in [-0.25, -0.2) is 4.68 Å². The Hall–Kier alpha value is -1.93. The van der Waals surface area contributed by atoms with Gasteiger partial charge >= 0.3 is 0 Å². The summed E-state index contributed by atoms with van der Waals surface area (Å²) < 4.78 is 1.44. The number of hydrogen-bond acceptors (Lipinski definition) is 4. The van der Waals surface area contributed by atoms with Crippen LogP contribution in [0.3, 0.4) is 0 Å². The molecule has 0 bridgehead atoms. The Bertz CT molecular complexity index is 555. The molecule has 17 heavy (non-hydrogen) atoms. The Morgan fingerprint density at radius 2 is 2.35 bits per heavy atom. The van der Waals surface area contributed by atoms with Crippen molar-refractivity contribution in [1.82, 2.24) is 20.0 Å². The lowest BCUT2D eigenvalue weighted by Crippen LogP contribution is -2.01. The summed E-state index contributed by atoms with van der Waals surface area (Å²) in [4.78, 5) is 0. The Kier molecular flexibility index (Phi) is 3.35. The van der Waals surface area contributed by atoms with Crippen LogP contribution in [0.4, 0.5) is 0 Å². The monoisotopic (exact) mass is 247 g/mol. The van der Waals surface area contributed by atoms with E-state index >= 15 is 0 Å². The molecule has 6 heteroatoms. The summed E-state index contributed by atoms with van der Waals surface area (Å²) in [6.07, 6.45) is 3.19. The van der Waals surface area contributed by atoms with E-state index in [1.165, 1.54) is 4.68 Å². The van der Waals surface area contributed by atoms with Crippen molar-refractivity contribution in [3.05, 3.63) is 34.7 Å². The van der Waals surface area contributed by atoms with Crippen molar-refractivity contribution >= 4 is 11.6 Å². The van der Waals surface area contributed by atoms with E-state index < -0.39 is 0 Å². The zero-order chi connectivity index (χ0) is 12.3. The fraction of sp³-hybridized carbons (Fsp3) is 0.273. The van der Waals surface area contributed by atoms with Crippen molar-refractivity contribution in [2.24, 2.45) is 0 Å². The molecule has 0 spiro atoms. The second-order valence-corrected chi connectivity index (χ2v) is 3.83. The van der Waals surface area contributed by atoms with E-state index in [0.717, 1.165) is 12.8 Å². The minimum atomic E-state index is 0.288. The van der Waals surface area contributed by atoms with E-state index in [1.807, 2.05) is 6.92 Å². The summed E-state index contributed by atoms with van der Waals surface area (Å²) in [6, 6.07) is 5.56. The molecule has 0 aliphatic rings. The zero-order valence-corrected chi connectivity index (χ0v) is 10.0. The summed E-state index contributed by atoms with van der Waals surface area (Å²) in [5.74, 6) is 0.511. The molecule has 2 aromatic heterocycles. The summed E-state index contributed by atoms with van der Waals surface area (Å²) >= 11 is 6.11. The fourth-order valence-corrected chi connectivity index (χ4v) is 1.80. The fourth-order valence-electron chi connectivity index (χ4n) is 1.52. The second-order valence-electron chi connectivity index (χ2n) is 3.47. The molecule has 2 rings (SSSR count). The van der Waals surface area contributed by atoms with Crippen molar-refractivity contribution in [2.75, 3.05) is 0 Å². The van der Waals surface area contributed by atoms with Crippen molar-refractivity contribution in [3.8, 4) is 11.9 Å². The second kappa shape index (κ2) is 4.93. The molecule has 0 aliphatic carbocycles. The average Bonchev–Trinajstić information content (AvgIpc) is 2.67. The van der Waals surface area contributed by atoms with E-state index in [-0.39, 0.29) is 5.15 Å². The summed E-state index contributed by atoms with van der Waals surface area (Å²) in [6.45, 7) is 2.02. The number of rotatable bonds is 3. The van der Waals surface area contributed by atoms with E-state index in [2.05, 4.69) is 21.4 Å². The van der Waals surface area contributed by atoms with Crippen LogP contribution in [-0.2, 0) is 6.42 Å². The van der Waals surface area contributed by atoms with Gasteiger partial charge in [-0.3, -0.25) is 0 Å². The van der Waals surface area contributed by atoms with E-state index in [0.29, 0.717) is 17.1 Å². The molecule has 0 aromatic carbocycles. The van der Waals surface area contributed by atoms with Gasteiger partial charge in [0.05, 0.1) is 5.69 Å². The molecule has 5 nitrogen and oxygen atoms in total. The third-order valence-corrected chi connectivity index (χ3v) is 2.62. The van der Waals surface area contributed by atoms with Crippen LogP contribution >= 0.6 is 11.6 Å². The Morgan fingerprint density at radius 1 is 1.53 bits per heavy atom. The zero-order valence-electron chi connectivity index (χ0n) is 9.26. The highest BCUT2D eigenvalue weighted by Crippen LogP contribution is 2.22. The van der Waals surface area contributed by atoms with E-state index in [9.17, 15) is 0 Å². The molecule has 0 amide bonds. The van der Waals surface area contributed by atoms with Crippen LogP contribution in [0.15, 0.2) is 18.3 Å². The molecular weight excluding hydrogens is 238 g/mol. The molecular formula is C11H10ClN5. The van der Waals surface area contributed by atoms with Crippen LogP contribution < -0.4 is 0 Å². The third kappa shape index (κ3) is 2.12. The first kappa shape index (κ1) is 11.6. The Balaban J connectivity index is 2.54. The molecule has 2 heterocycles. The van der Waals surface area contributed by atoms with Crippen LogP contribution in [0.2, 0.25) is 5.15 Å². The molecule has 0 fully saturated rings. The molecule has 0 atom stereocenters. The first-order chi connectivity index (χ1) is 8.27. The smallest absolute Gasteiger partial charge is 0.177 e. The van der Waals surface area contributed by atoms with Gasteiger partial charge < -0.3 is 0 Å². The Labute approximate surface area is 104 Å². The quantitative estimate of drug-likeness (QED) is 0.833. The number of aryl methyl sites for hydroxylation is 1. The van der Waals surface area contributed by atoms with Crippen LogP contribution in [0.25, 0.3) is 5.82 Å². The lowest BCUT2D eigenvalue weighted by Gasteiger charge is -1.98. The van der Waals surface area contributed by atoms with Gasteiger partial charge in [-0.05, 0) is 18.6 Å². The van der Waals surface area contributed by atoms with E-state index in [4.69, 9.17) is 16.9 Å². The van der Waals surface area contributed by atoms with Gasteiger partial charge in [0.1, 0.15) is 11.6 Å². The average molecular weight is 248 g/mol. The molecule has 0 saturated carbocycles. The summed E-state index contributed by atoms with van der Waals surface area (Å²) in [5.41, 5.74) is 1.12. The molecule has 0 N–H and O–H groups in total. The predicted molar refractivity (Wildman–Crippen MR) is 62.9 cm³/mol. The first-order valence-corrected chi connectivity index (χ1v) is 5.61. The highest BCUT2D eigenvalue weighted by molar-refractivity contribution is 6.31. The number of nitrogens with zero attached hydrogens (tertiary/aromatic N) is 5. The standard InChI is InChI=1S/C11H10ClN5/c1-2-4-9-8(7-13)11(12)17(16-9)10-5-3-6-14-15-10/h3,5-6H,2,4H2,1H3. The van der Waals surface area contributed by atoms with Crippen molar-refractivity contribution < 1.29 is 0 Å². The number of nitriles is 1. The van der Waals surface area contributed by atoms with Crippen LogP contribution in [0, 0.1) is 11.3 Å². The van der Waals surface area contributed by atoms with Crippen molar-refractivity contribution in [3.63, 3.8) is 0 Å². The molecule has 86 valence electrons. The van der Waals surface area contributed by atoms with Gasteiger partial charge in [0.25, 0.3) is 0 Å². The maximum Gasteiger partial charge on any atom is 0.177 e. The van der Waals surface area contributed by atoms with Gasteiger partial charge in [0.15, 0.2) is 11.0 Å². The molecule has 0 saturated heterocycles. The number of aromatic nitrogens is 4. The lowest BCUT2D eigenvalue weighted by atomic mass is 10.2. The van der Waals surface area contributed by atoms with Crippen LogP contribution in [0.1, 0.15) is 24.6 Å². The van der Waals surface area contributed by atoms with Crippen LogP contribution in [0.5, 0.6) is 0 Å². The lowest BCUT2D eigenvalue weighted by molar-refractivity contribution is 0.774. The number of halogens is 1. The van der Waals surface area contributed by atoms with Gasteiger partial charge in [0.2, 0.25) is 0 Å².